The van der Waals surface area contributed by atoms with Crippen molar-refractivity contribution in [1.29, 1.82) is 0 Å². The second kappa shape index (κ2) is 8.47. The predicted molar refractivity (Wildman–Crippen MR) is 121 cm³/mol. The van der Waals surface area contributed by atoms with Crippen LogP contribution in [-0.2, 0) is 16.4 Å². The van der Waals surface area contributed by atoms with E-state index in [0.717, 1.165) is 11.1 Å². The van der Waals surface area contributed by atoms with Gasteiger partial charge in [0.05, 0.1) is 23.1 Å². The Balaban J connectivity index is 2.04. The van der Waals surface area contributed by atoms with Gasteiger partial charge >= 0.3 is 5.97 Å². The van der Waals surface area contributed by atoms with Crippen LogP contribution in [0, 0.1) is 6.92 Å². The molecule has 0 spiro atoms. The molecule has 2 aromatic carbocycles. The van der Waals surface area contributed by atoms with Crippen molar-refractivity contribution < 1.29 is 18.9 Å². The topological polar surface area (TPSA) is 92.5 Å². The number of benzene rings is 2. The van der Waals surface area contributed by atoms with Crippen LogP contribution in [-0.4, -0.2) is 37.2 Å². The van der Waals surface area contributed by atoms with Crippen LogP contribution in [0.15, 0.2) is 54.9 Å². The summed E-state index contributed by atoms with van der Waals surface area (Å²) in [7, 11) is -1.59. The Morgan fingerprint density at radius 3 is 2.39 bits per heavy atom. The fourth-order valence-corrected chi connectivity index (χ4v) is 3.90. The van der Waals surface area contributed by atoms with Gasteiger partial charge in [-0.2, -0.15) is 5.10 Å². The number of aryl methyl sites for hydroxylation is 1. The lowest BCUT2D eigenvalue weighted by molar-refractivity contribution is 0.0696. The van der Waals surface area contributed by atoms with E-state index < -0.39 is 22.9 Å². The van der Waals surface area contributed by atoms with E-state index in [1.165, 1.54) is 27.6 Å². The van der Waals surface area contributed by atoms with Gasteiger partial charge in [-0.1, -0.05) is 39.0 Å². The van der Waals surface area contributed by atoms with Gasteiger partial charge in [0.15, 0.2) is 0 Å². The van der Waals surface area contributed by atoms with Gasteiger partial charge < -0.3 is 5.11 Å². The number of carboxylic acid groups (broad SMARTS) is 1. The van der Waals surface area contributed by atoms with Crippen molar-refractivity contribution in [2.24, 2.45) is 0 Å². The summed E-state index contributed by atoms with van der Waals surface area (Å²) >= 11 is 0. The zero-order valence-electron chi connectivity index (χ0n) is 18.1. The quantitative estimate of drug-likeness (QED) is 0.646. The third-order valence-corrected chi connectivity index (χ3v) is 5.81. The molecule has 3 rings (SSSR count). The Bertz CT molecular complexity index is 1180. The molecule has 0 saturated heterocycles. The van der Waals surface area contributed by atoms with Gasteiger partial charge in [-0.3, -0.25) is 4.79 Å². The van der Waals surface area contributed by atoms with Crippen LogP contribution < -0.4 is 4.31 Å². The highest BCUT2D eigenvalue weighted by Gasteiger charge is 2.24. The minimum absolute atomic E-state index is 0.0476. The van der Waals surface area contributed by atoms with E-state index >= 15 is 0 Å². The summed E-state index contributed by atoms with van der Waals surface area (Å²) in [4.78, 5) is 24.5. The number of amides is 1. The van der Waals surface area contributed by atoms with E-state index in [4.69, 9.17) is 5.11 Å². The van der Waals surface area contributed by atoms with Crippen molar-refractivity contribution in [2.45, 2.75) is 33.1 Å². The van der Waals surface area contributed by atoms with Gasteiger partial charge in [-0.05, 0) is 47.7 Å². The number of anilines is 1. The third kappa shape index (κ3) is 4.74. The smallest absolute Gasteiger partial charge is 0.338 e. The zero-order chi connectivity index (χ0) is 22.9. The number of carbonyl (C=O) groups excluding carboxylic acids is 1. The Morgan fingerprint density at radius 2 is 1.81 bits per heavy atom. The molecule has 0 saturated carbocycles. The van der Waals surface area contributed by atoms with Gasteiger partial charge in [0.25, 0.3) is 5.91 Å². The fourth-order valence-electron chi connectivity index (χ4n) is 3.15. The number of carboxylic acids is 1. The number of hydrogen-bond acceptors (Lipinski definition) is 4. The number of hydrogen-bond donors (Lipinski definition) is 1. The molecule has 7 nitrogen and oxygen atoms in total. The standard InChI is InChI=1S/C23H25N3O4S/c1-15-9-10-16(11-20(15)25-14-17(13-24-25)22(28)29)21(27)26(31(5)30)19-8-6-7-18(12-19)23(2,3)4/h6-14H,1-5H3,(H,28,29). The average molecular weight is 440 g/mol. The van der Waals surface area contributed by atoms with E-state index in [1.54, 1.807) is 24.3 Å². The SMILES string of the molecule is Cc1ccc(C(=O)N(c2cccc(C(C)(C)C)c2)S(C)=O)cc1-n1cc(C(=O)O)cn1. The molecule has 3 aromatic rings. The van der Waals surface area contributed by atoms with E-state index in [1.807, 2.05) is 25.1 Å². The van der Waals surface area contributed by atoms with Gasteiger partial charge in [-0.15, -0.1) is 0 Å². The molecule has 0 radical (unpaired) electrons. The largest absolute Gasteiger partial charge is 0.478 e. The summed E-state index contributed by atoms with van der Waals surface area (Å²) in [6.45, 7) is 8.06. The molecule has 8 heteroatoms. The maximum Gasteiger partial charge on any atom is 0.338 e. The van der Waals surface area contributed by atoms with Gasteiger partial charge in [0, 0.05) is 18.0 Å². The predicted octanol–water partition coefficient (Wildman–Crippen LogP) is 4.12. The number of aromatic carboxylic acids is 1. The Labute approximate surface area is 183 Å². The van der Waals surface area contributed by atoms with E-state index in [-0.39, 0.29) is 11.0 Å². The molecule has 0 aliphatic rings. The first-order valence-electron chi connectivity index (χ1n) is 9.66. The van der Waals surface area contributed by atoms with E-state index in [0.29, 0.717) is 16.9 Å². The number of rotatable bonds is 5. The average Bonchev–Trinajstić information content (AvgIpc) is 3.18. The molecule has 1 unspecified atom stereocenters. The number of carbonyl (C=O) groups is 2. The third-order valence-electron chi connectivity index (χ3n) is 4.92. The summed E-state index contributed by atoms with van der Waals surface area (Å²) < 4.78 is 15.2. The van der Waals surface area contributed by atoms with Gasteiger partial charge in [0.1, 0.15) is 11.0 Å². The van der Waals surface area contributed by atoms with Crippen LogP contribution in [0.25, 0.3) is 5.69 Å². The lowest BCUT2D eigenvalue weighted by Crippen LogP contribution is -2.32. The molecule has 1 heterocycles. The second-order valence-electron chi connectivity index (χ2n) is 8.30. The fraction of sp³-hybridized carbons (Fsp3) is 0.261. The van der Waals surface area contributed by atoms with Crippen molar-refractivity contribution in [3.05, 3.63) is 77.1 Å². The lowest BCUT2D eigenvalue weighted by atomic mass is 9.87. The van der Waals surface area contributed by atoms with Crippen LogP contribution >= 0.6 is 0 Å². The molecule has 31 heavy (non-hydrogen) atoms. The van der Waals surface area contributed by atoms with Crippen molar-refractivity contribution in [1.82, 2.24) is 9.78 Å². The van der Waals surface area contributed by atoms with Crippen LogP contribution in [0.5, 0.6) is 0 Å². The van der Waals surface area contributed by atoms with Crippen LogP contribution in [0.1, 0.15) is 52.6 Å². The maximum absolute atomic E-state index is 13.4. The highest BCUT2D eigenvalue weighted by Crippen LogP contribution is 2.28. The van der Waals surface area contributed by atoms with Crippen molar-refractivity contribution in [3.63, 3.8) is 0 Å². The highest BCUT2D eigenvalue weighted by atomic mass is 32.2. The summed E-state index contributed by atoms with van der Waals surface area (Å²) in [6.07, 6.45) is 4.10. The van der Waals surface area contributed by atoms with Crippen LogP contribution in [0.3, 0.4) is 0 Å². The molecule has 0 fully saturated rings. The molecular weight excluding hydrogens is 414 g/mol. The maximum atomic E-state index is 13.4. The molecule has 1 N–H and O–H groups in total. The molecule has 0 aliphatic carbocycles. The Morgan fingerprint density at radius 1 is 1.10 bits per heavy atom. The molecule has 1 aromatic heterocycles. The van der Waals surface area contributed by atoms with Crippen molar-refractivity contribution in [2.75, 3.05) is 10.6 Å². The first-order valence-corrected chi connectivity index (χ1v) is 11.2. The van der Waals surface area contributed by atoms with Gasteiger partial charge in [-0.25, -0.2) is 18.0 Å². The first-order chi connectivity index (χ1) is 14.5. The first kappa shape index (κ1) is 22.4. The van der Waals surface area contributed by atoms with Crippen molar-refractivity contribution in [3.8, 4) is 5.69 Å². The summed E-state index contributed by atoms with van der Waals surface area (Å²) in [5.41, 5.74) is 3.21. The molecular formula is C23H25N3O4S. The highest BCUT2D eigenvalue weighted by molar-refractivity contribution is 7.86. The lowest BCUT2D eigenvalue weighted by Gasteiger charge is -2.24. The number of nitrogens with zero attached hydrogens (tertiary/aromatic N) is 3. The Hall–Kier alpha value is -3.26. The molecule has 0 bridgehead atoms. The second-order valence-corrected chi connectivity index (χ2v) is 9.52. The van der Waals surface area contributed by atoms with Crippen LogP contribution in [0.2, 0.25) is 0 Å². The summed E-state index contributed by atoms with van der Waals surface area (Å²) in [5.74, 6) is -1.50. The molecule has 1 amide bonds. The minimum Gasteiger partial charge on any atom is -0.478 e. The zero-order valence-corrected chi connectivity index (χ0v) is 18.9. The monoisotopic (exact) mass is 439 g/mol. The Kier molecular flexibility index (Phi) is 6.13. The molecule has 162 valence electrons. The molecule has 0 aliphatic heterocycles. The van der Waals surface area contributed by atoms with Crippen LogP contribution in [0.4, 0.5) is 5.69 Å². The van der Waals surface area contributed by atoms with Gasteiger partial charge in [0.2, 0.25) is 0 Å². The summed E-state index contributed by atoms with van der Waals surface area (Å²) in [5, 5.41) is 13.2. The van der Waals surface area contributed by atoms with E-state index in [2.05, 4.69) is 25.9 Å². The van der Waals surface area contributed by atoms with Crippen molar-refractivity contribution >= 4 is 28.5 Å². The number of aromatic nitrogens is 2. The van der Waals surface area contributed by atoms with E-state index in [9.17, 15) is 13.8 Å². The normalized spacial score (nSPS) is 12.4. The minimum atomic E-state index is -1.59. The molecule has 1 atom stereocenters. The summed E-state index contributed by atoms with van der Waals surface area (Å²) in [6, 6.07) is 12.5.